The highest BCUT2D eigenvalue weighted by atomic mass is 16.5. The fraction of sp³-hybridized carbons (Fsp3) is 0.568. The quantitative estimate of drug-likeness (QED) is 0.169. The average molecular weight is 670 g/mol. The van der Waals surface area contributed by atoms with Gasteiger partial charge in [0.2, 0.25) is 11.8 Å². The first-order chi connectivity index (χ1) is 22.3. The van der Waals surface area contributed by atoms with Gasteiger partial charge in [-0.25, -0.2) is 0 Å². The average Bonchev–Trinajstić information content (AvgIpc) is 3.00. The molecular formula is C37H55N3O8. The summed E-state index contributed by atoms with van der Waals surface area (Å²) in [7, 11) is 3.85. The predicted octanol–water partition coefficient (Wildman–Crippen LogP) is 2.54. The lowest BCUT2D eigenvalue weighted by molar-refractivity contribution is -0.232. The second-order valence-electron chi connectivity index (χ2n) is 14.6. The molecule has 1 saturated heterocycles. The van der Waals surface area contributed by atoms with Crippen LogP contribution < -0.4 is 10.6 Å². The van der Waals surface area contributed by atoms with Crippen LogP contribution in [-0.4, -0.2) is 106 Å². The van der Waals surface area contributed by atoms with E-state index in [1.54, 1.807) is 39.8 Å². The molecule has 0 spiro atoms. The van der Waals surface area contributed by atoms with E-state index >= 15 is 0 Å². The summed E-state index contributed by atoms with van der Waals surface area (Å²) >= 11 is 0. The zero-order valence-corrected chi connectivity index (χ0v) is 29.7. The number of phenolic OH excluding ortho intramolecular Hbond substituents is 1. The molecule has 1 heterocycles. The number of aromatic hydroxyl groups is 1. The number of aliphatic hydroxyl groups excluding tert-OH is 4. The molecule has 0 radical (unpaired) electrons. The van der Waals surface area contributed by atoms with Crippen LogP contribution in [0.2, 0.25) is 0 Å². The smallest absolute Gasteiger partial charge is 0.245 e. The van der Waals surface area contributed by atoms with Crippen LogP contribution >= 0.6 is 0 Å². The van der Waals surface area contributed by atoms with Crippen LogP contribution in [0.1, 0.15) is 86.9 Å². The van der Waals surface area contributed by atoms with Gasteiger partial charge in [0.25, 0.3) is 0 Å². The Morgan fingerprint density at radius 2 is 1.65 bits per heavy atom. The summed E-state index contributed by atoms with van der Waals surface area (Å²) in [6, 6.07) is 9.40. The molecule has 7 N–H and O–H groups in total. The Labute approximate surface area is 284 Å². The van der Waals surface area contributed by atoms with E-state index in [4.69, 9.17) is 4.74 Å². The zero-order valence-electron chi connectivity index (χ0n) is 29.7. The molecule has 48 heavy (non-hydrogen) atoms. The Bertz CT molecular complexity index is 1470. The van der Waals surface area contributed by atoms with E-state index in [0.29, 0.717) is 19.5 Å². The summed E-state index contributed by atoms with van der Waals surface area (Å²) in [5, 5.41) is 57.7. The molecule has 3 rings (SSSR count). The fourth-order valence-electron chi connectivity index (χ4n) is 5.67. The van der Waals surface area contributed by atoms with Gasteiger partial charge in [-0.2, -0.15) is 0 Å². The van der Waals surface area contributed by atoms with Crippen molar-refractivity contribution in [3.8, 4) is 5.75 Å². The van der Waals surface area contributed by atoms with Crippen molar-refractivity contribution in [1.82, 2.24) is 15.5 Å². The van der Waals surface area contributed by atoms with E-state index < -0.39 is 48.1 Å². The van der Waals surface area contributed by atoms with Crippen LogP contribution in [0.25, 0.3) is 6.08 Å². The van der Waals surface area contributed by atoms with Crippen molar-refractivity contribution in [3.63, 3.8) is 0 Å². The van der Waals surface area contributed by atoms with E-state index in [0.717, 1.165) is 27.8 Å². The van der Waals surface area contributed by atoms with Crippen molar-refractivity contribution in [2.24, 2.45) is 5.41 Å². The molecule has 11 nitrogen and oxygen atoms in total. The van der Waals surface area contributed by atoms with E-state index in [9.17, 15) is 35.1 Å². The first-order valence-corrected chi connectivity index (χ1v) is 16.5. The number of nitrogens with one attached hydrogen (secondary N) is 2. The second kappa shape index (κ2) is 15.9. The van der Waals surface area contributed by atoms with Gasteiger partial charge in [-0.05, 0) is 101 Å². The molecule has 0 unspecified atom stereocenters. The molecule has 11 heteroatoms. The lowest BCUT2D eigenvalue weighted by atomic mass is 9.85. The minimum absolute atomic E-state index is 0.0692. The van der Waals surface area contributed by atoms with Gasteiger partial charge in [0.05, 0.1) is 12.0 Å². The maximum Gasteiger partial charge on any atom is 0.245 e. The van der Waals surface area contributed by atoms with Crippen LogP contribution in [0.15, 0.2) is 36.4 Å². The van der Waals surface area contributed by atoms with Gasteiger partial charge in [0.1, 0.15) is 41.8 Å². The molecule has 0 saturated carbocycles. The number of benzene rings is 2. The Kier molecular flexibility index (Phi) is 13.0. The molecule has 2 aromatic carbocycles. The molecule has 266 valence electrons. The SMILES string of the molecule is Cc1cc(/C=C/C(C)(C)C(=O)NC(C)(C)C(=O)NCCN(C)C)ccc1Cc1cc([C@@H]2O[C@H](CO)[C@@H](O)[C@H](O)[C@H]2O)c(O)cc1C(C)C. The Morgan fingerprint density at radius 3 is 2.23 bits per heavy atom. The molecular weight excluding hydrogens is 614 g/mol. The number of carbonyl (C=O) groups excluding carboxylic acids is 2. The molecule has 0 bridgehead atoms. The molecule has 1 aliphatic heterocycles. The number of phenols is 1. The van der Waals surface area contributed by atoms with Gasteiger partial charge in [0.15, 0.2) is 0 Å². The highest BCUT2D eigenvalue weighted by Gasteiger charge is 2.45. The summed E-state index contributed by atoms with van der Waals surface area (Å²) in [5.41, 5.74) is 3.02. The fourth-order valence-corrected chi connectivity index (χ4v) is 5.67. The van der Waals surface area contributed by atoms with Gasteiger partial charge >= 0.3 is 0 Å². The van der Waals surface area contributed by atoms with Crippen molar-refractivity contribution in [3.05, 3.63) is 69.8 Å². The Balaban J connectivity index is 1.80. The number of aryl methyl sites for hydroxylation is 1. The number of amides is 2. The van der Waals surface area contributed by atoms with Crippen LogP contribution in [0, 0.1) is 12.3 Å². The highest BCUT2D eigenvalue weighted by molar-refractivity contribution is 5.93. The van der Waals surface area contributed by atoms with E-state index in [1.165, 1.54) is 0 Å². The lowest BCUT2D eigenvalue weighted by Crippen LogP contribution is -2.57. The van der Waals surface area contributed by atoms with E-state index in [2.05, 4.69) is 10.6 Å². The van der Waals surface area contributed by atoms with Gasteiger partial charge in [-0.3, -0.25) is 9.59 Å². The molecule has 2 aromatic rings. The van der Waals surface area contributed by atoms with Gasteiger partial charge in [-0.15, -0.1) is 0 Å². The van der Waals surface area contributed by atoms with Crippen molar-refractivity contribution in [2.45, 2.75) is 96.9 Å². The molecule has 0 aliphatic carbocycles. The van der Waals surface area contributed by atoms with Crippen LogP contribution in [0.4, 0.5) is 0 Å². The van der Waals surface area contributed by atoms with Gasteiger partial charge in [-0.1, -0.05) is 44.2 Å². The summed E-state index contributed by atoms with van der Waals surface area (Å²) in [4.78, 5) is 27.9. The maximum absolute atomic E-state index is 13.2. The number of hydrogen-bond acceptors (Lipinski definition) is 9. The van der Waals surface area contributed by atoms with Gasteiger partial charge in [0, 0.05) is 18.7 Å². The molecule has 1 aliphatic rings. The first kappa shape index (κ1) is 39.1. The van der Waals surface area contributed by atoms with E-state index in [1.807, 2.05) is 70.1 Å². The second-order valence-corrected chi connectivity index (χ2v) is 14.6. The monoisotopic (exact) mass is 669 g/mol. The number of likely N-dealkylation sites (N-methyl/N-ethyl adjacent to an activating group) is 1. The number of nitrogens with zero attached hydrogens (tertiary/aromatic N) is 1. The normalized spacial score (nSPS) is 22.0. The van der Waals surface area contributed by atoms with Crippen molar-refractivity contribution in [2.75, 3.05) is 33.8 Å². The summed E-state index contributed by atoms with van der Waals surface area (Å²) in [6.45, 7) is 13.6. The van der Waals surface area contributed by atoms with Crippen molar-refractivity contribution in [1.29, 1.82) is 0 Å². The van der Waals surface area contributed by atoms with E-state index in [-0.39, 0.29) is 29.0 Å². The number of aliphatic hydroxyl groups is 4. The number of hydrogen-bond donors (Lipinski definition) is 7. The zero-order chi connectivity index (χ0) is 36.1. The molecule has 0 aromatic heterocycles. The first-order valence-electron chi connectivity index (χ1n) is 16.5. The maximum atomic E-state index is 13.2. The third-order valence-electron chi connectivity index (χ3n) is 8.97. The largest absolute Gasteiger partial charge is 0.508 e. The Morgan fingerprint density at radius 1 is 0.979 bits per heavy atom. The minimum Gasteiger partial charge on any atom is -0.508 e. The summed E-state index contributed by atoms with van der Waals surface area (Å²) < 4.78 is 5.75. The summed E-state index contributed by atoms with van der Waals surface area (Å²) in [6.07, 6.45) is -2.60. The standard InChI is InChI=1S/C37H55N3O8/c1-21(2)26-19-28(42)27(33-32(45)31(44)30(43)29(20-41)48-33)18-25(26)17-24-11-10-23(16-22(24)3)12-13-36(4,5)34(46)39-37(6,7)35(47)38-14-15-40(8)9/h10-13,16,18-19,21,29-33,41-45H,14-15,17,20H2,1-9H3,(H,38,47)(H,39,46)/b13-12+/t29-,30-,31+,32-,33+/m1/s1. The third-order valence-corrected chi connectivity index (χ3v) is 8.97. The number of ether oxygens (including phenoxy) is 1. The molecule has 1 fully saturated rings. The van der Waals surface area contributed by atoms with Crippen molar-refractivity contribution >= 4 is 17.9 Å². The number of rotatable bonds is 13. The summed E-state index contributed by atoms with van der Waals surface area (Å²) in [5.74, 6) is -0.564. The van der Waals surface area contributed by atoms with Gasteiger partial charge < -0.3 is 45.8 Å². The molecule has 2 amide bonds. The highest BCUT2D eigenvalue weighted by Crippen LogP contribution is 2.40. The third kappa shape index (κ3) is 9.43. The topological polar surface area (TPSA) is 172 Å². The lowest BCUT2D eigenvalue weighted by Gasteiger charge is -2.40. The van der Waals surface area contributed by atoms with Crippen LogP contribution in [0.3, 0.4) is 0 Å². The Hall–Kier alpha value is -3.32. The van der Waals surface area contributed by atoms with Crippen molar-refractivity contribution < 1.29 is 39.9 Å². The number of carbonyl (C=O) groups is 2. The minimum atomic E-state index is -1.56. The predicted molar refractivity (Wildman–Crippen MR) is 186 cm³/mol. The van der Waals surface area contributed by atoms with Crippen LogP contribution in [0.5, 0.6) is 5.75 Å². The van der Waals surface area contributed by atoms with Crippen LogP contribution in [-0.2, 0) is 20.7 Å². The molecule has 5 atom stereocenters.